The minimum absolute atomic E-state index is 0.0352. The molecular formula is C11H14N2O5S2. The predicted octanol–water partition coefficient (Wildman–Crippen LogP) is 0.332. The number of carbonyl (C=O) groups is 2. The van der Waals surface area contributed by atoms with E-state index in [1.54, 1.807) is 0 Å². The number of piperidine rings is 1. The molecule has 110 valence electrons. The number of carbonyl (C=O) groups excluding carboxylic acids is 1. The van der Waals surface area contributed by atoms with E-state index < -0.39 is 27.8 Å². The lowest BCUT2D eigenvalue weighted by Gasteiger charge is -2.29. The number of rotatable bonds is 4. The zero-order valence-corrected chi connectivity index (χ0v) is 12.1. The molecule has 0 saturated carbocycles. The molecule has 1 fully saturated rings. The Hall–Kier alpha value is -1.45. The molecule has 1 aromatic heterocycles. The van der Waals surface area contributed by atoms with Crippen molar-refractivity contribution in [3.05, 3.63) is 16.3 Å². The van der Waals surface area contributed by atoms with Crippen molar-refractivity contribution < 1.29 is 23.1 Å². The predicted molar refractivity (Wildman–Crippen MR) is 72.0 cm³/mol. The highest BCUT2D eigenvalue weighted by Gasteiger charge is 2.33. The molecule has 7 nitrogen and oxygen atoms in total. The number of thiophene rings is 1. The number of amides is 1. The fourth-order valence-electron chi connectivity index (χ4n) is 2.11. The largest absolute Gasteiger partial charge is 0.477 e. The van der Waals surface area contributed by atoms with E-state index in [1.807, 2.05) is 0 Å². The average molecular weight is 318 g/mol. The van der Waals surface area contributed by atoms with Crippen LogP contribution in [0.25, 0.3) is 0 Å². The zero-order valence-electron chi connectivity index (χ0n) is 10.5. The van der Waals surface area contributed by atoms with E-state index in [0.29, 0.717) is 19.4 Å². The first kappa shape index (κ1) is 14.9. The van der Waals surface area contributed by atoms with Gasteiger partial charge in [-0.3, -0.25) is 4.79 Å². The second-order valence-electron chi connectivity index (χ2n) is 4.56. The van der Waals surface area contributed by atoms with Crippen LogP contribution in [0, 0.1) is 5.92 Å². The van der Waals surface area contributed by atoms with Gasteiger partial charge in [-0.2, -0.15) is 4.31 Å². The number of nitrogens with zero attached hydrogens (tertiary/aromatic N) is 1. The second-order valence-corrected chi connectivity index (χ2v) is 7.41. The summed E-state index contributed by atoms with van der Waals surface area (Å²) >= 11 is 0.859. The van der Waals surface area contributed by atoms with Crippen molar-refractivity contribution in [2.45, 2.75) is 17.7 Å². The van der Waals surface area contributed by atoms with Gasteiger partial charge in [0.2, 0.25) is 15.9 Å². The van der Waals surface area contributed by atoms with Gasteiger partial charge in [-0.1, -0.05) is 0 Å². The van der Waals surface area contributed by atoms with E-state index in [-0.39, 0.29) is 16.3 Å². The molecule has 2 rings (SSSR count). The summed E-state index contributed by atoms with van der Waals surface area (Å²) in [6.07, 6.45) is 1.13. The van der Waals surface area contributed by atoms with Crippen LogP contribution >= 0.6 is 11.3 Å². The Balaban J connectivity index is 2.25. The highest BCUT2D eigenvalue weighted by molar-refractivity contribution is 7.89. The van der Waals surface area contributed by atoms with Gasteiger partial charge < -0.3 is 10.8 Å². The maximum absolute atomic E-state index is 12.4. The summed E-state index contributed by atoms with van der Waals surface area (Å²) in [7, 11) is -3.77. The molecule has 20 heavy (non-hydrogen) atoms. The van der Waals surface area contributed by atoms with Crippen LogP contribution in [0.4, 0.5) is 0 Å². The van der Waals surface area contributed by atoms with Crippen molar-refractivity contribution in [1.29, 1.82) is 0 Å². The van der Waals surface area contributed by atoms with E-state index in [9.17, 15) is 18.0 Å². The van der Waals surface area contributed by atoms with Gasteiger partial charge >= 0.3 is 5.97 Å². The third-order valence-electron chi connectivity index (χ3n) is 3.21. The summed E-state index contributed by atoms with van der Waals surface area (Å²) in [4.78, 5) is 21.9. The van der Waals surface area contributed by atoms with E-state index >= 15 is 0 Å². The molecule has 2 heterocycles. The number of hydrogen-bond acceptors (Lipinski definition) is 5. The Kier molecular flexibility index (Phi) is 4.11. The van der Waals surface area contributed by atoms with Gasteiger partial charge in [0.1, 0.15) is 4.88 Å². The number of primary amides is 1. The lowest BCUT2D eigenvalue weighted by atomic mass is 9.99. The van der Waals surface area contributed by atoms with Crippen molar-refractivity contribution >= 4 is 33.2 Å². The third-order valence-corrected chi connectivity index (χ3v) is 6.12. The summed E-state index contributed by atoms with van der Waals surface area (Å²) in [5, 5.41) is 10.1. The Morgan fingerprint density at radius 1 is 1.45 bits per heavy atom. The summed E-state index contributed by atoms with van der Waals surface area (Å²) in [6.45, 7) is 0.361. The lowest BCUT2D eigenvalue weighted by Crippen LogP contribution is -2.43. The van der Waals surface area contributed by atoms with Crippen LogP contribution in [0.5, 0.6) is 0 Å². The van der Waals surface area contributed by atoms with Crippen molar-refractivity contribution in [3.63, 3.8) is 0 Å². The molecule has 1 aliphatic rings. The monoisotopic (exact) mass is 318 g/mol. The fraction of sp³-hybridized carbons (Fsp3) is 0.455. The van der Waals surface area contributed by atoms with Crippen LogP contribution in [-0.4, -0.2) is 42.8 Å². The number of carboxylic acids is 1. The number of carboxylic acid groups (broad SMARTS) is 1. The van der Waals surface area contributed by atoms with Crippen LogP contribution in [0.2, 0.25) is 0 Å². The normalized spacial score (nSPS) is 20.7. The first-order chi connectivity index (χ1) is 9.32. The Labute approximate surface area is 120 Å². The fourth-order valence-corrected chi connectivity index (χ4v) is 4.73. The van der Waals surface area contributed by atoms with Crippen molar-refractivity contribution in [1.82, 2.24) is 4.31 Å². The SMILES string of the molecule is NC(=O)C1CCCN(S(=O)(=O)c2csc(C(=O)O)c2)C1. The van der Waals surface area contributed by atoms with Crippen molar-refractivity contribution in [2.75, 3.05) is 13.1 Å². The average Bonchev–Trinajstić information content (AvgIpc) is 2.89. The lowest BCUT2D eigenvalue weighted by molar-refractivity contribution is -0.122. The summed E-state index contributed by atoms with van der Waals surface area (Å²) in [5.74, 6) is -2.16. The Morgan fingerprint density at radius 2 is 2.15 bits per heavy atom. The first-order valence-electron chi connectivity index (χ1n) is 5.93. The van der Waals surface area contributed by atoms with Gasteiger partial charge in [-0.25, -0.2) is 13.2 Å². The molecule has 0 aromatic carbocycles. The van der Waals surface area contributed by atoms with E-state index in [2.05, 4.69) is 0 Å². The minimum atomic E-state index is -3.77. The van der Waals surface area contributed by atoms with E-state index in [1.165, 1.54) is 9.69 Å². The zero-order chi connectivity index (χ0) is 14.9. The molecular weight excluding hydrogens is 304 g/mol. The summed E-state index contributed by atoms with van der Waals surface area (Å²) < 4.78 is 26.0. The van der Waals surface area contributed by atoms with Crippen LogP contribution in [0.15, 0.2) is 16.3 Å². The van der Waals surface area contributed by atoms with Gasteiger partial charge in [0.05, 0.1) is 10.8 Å². The molecule has 1 aliphatic heterocycles. The highest BCUT2D eigenvalue weighted by Crippen LogP contribution is 2.26. The molecule has 3 N–H and O–H groups in total. The molecule has 1 aromatic rings. The van der Waals surface area contributed by atoms with Crippen LogP contribution in [0.1, 0.15) is 22.5 Å². The smallest absolute Gasteiger partial charge is 0.345 e. The van der Waals surface area contributed by atoms with Crippen molar-refractivity contribution in [2.24, 2.45) is 11.7 Å². The van der Waals surface area contributed by atoms with Gasteiger partial charge in [-0.15, -0.1) is 11.3 Å². The Morgan fingerprint density at radius 3 is 2.70 bits per heavy atom. The molecule has 1 unspecified atom stereocenters. The molecule has 1 saturated heterocycles. The maximum Gasteiger partial charge on any atom is 0.345 e. The number of nitrogens with two attached hydrogens (primary N) is 1. The summed E-state index contributed by atoms with van der Waals surface area (Å²) in [6, 6.07) is 1.14. The topological polar surface area (TPSA) is 118 Å². The number of hydrogen-bond donors (Lipinski definition) is 2. The molecule has 9 heteroatoms. The van der Waals surface area contributed by atoms with Crippen molar-refractivity contribution in [3.8, 4) is 0 Å². The third kappa shape index (κ3) is 2.84. The molecule has 1 amide bonds. The van der Waals surface area contributed by atoms with Gasteiger partial charge in [0.25, 0.3) is 0 Å². The highest BCUT2D eigenvalue weighted by atomic mass is 32.2. The number of sulfonamides is 1. The molecule has 0 spiro atoms. The van der Waals surface area contributed by atoms with Crippen LogP contribution in [-0.2, 0) is 14.8 Å². The summed E-state index contributed by atoms with van der Waals surface area (Å²) in [5.41, 5.74) is 5.22. The van der Waals surface area contributed by atoms with Gasteiger partial charge in [-0.05, 0) is 18.9 Å². The molecule has 0 radical (unpaired) electrons. The molecule has 0 bridgehead atoms. The maximum atomic E-state index is 12.4. The van der Waals surface area contributed by atoms with Crippen LogP contribution in [0.3, 0.4) is 0 Å². The van der Waals surface area contributed by atoms with Gasteiger partial charge in [0, 0.05) is 18.5 Å². The van der Waals surface area contributed by atoms with E-state index in [4.69, 9.17) is 10.8 Å². The Bertz CT molecular complexity index is 637. The number of aromatic carboxylic acids is 1. The van der Waals surface area contributed by atoms with Crippen LogP contribution < -0.4 is 5.73 Å². The first-order valence-corrected chi connectivity index (χ1v) is 8.25. The second kappa shape index (κ2) is 5.51. The molecule has 0 aliphatic carbocycles. The molecule has 1 atom stereocenters. The minimum Gasteiger partial charge on any atom is -0.477 e. The quantitative estimate of drug-likeness (QED) is 0.829. The van der Waals surface area contributed by atoms with E-state index in [0.717, 1.165) is 17.4 Å². The standard InChI is InChI=1S/C11H14N2O5S2/c12-10(14)7-2-1-3-13(5-7)20(17,18)8-4-9(11(15)16)19-6-8/h4,6-7H,1-3,5H2,(H2,12,14)(H,15,16). The van der Waals surface area contributed by atoms with Gasteiger partial charge in [0.15, 0.2) is 0 Å².